The molecule has 14 heavy (non-hydrogen) atoms. The number of alkyl halides is 3. The fourth-order valence-corrected chi connectivity index (χ4v) is 1.71. The Kier molecular flexibility index (Phi) is 2.29. The molecule has 0 radical (unpaired) electrons. The van der Waals surface area contributed by atoms with Gasteiger partial charge >= 0.3 is 6.18 Å². The predicted octanol–water partition coefficient (Wildman–Crippen LogP) is 2.76. The molecule has 2 aliphatic rings. The molecule has 0 saturated heterocycles. The molecule has 0 aromatic carbocycles. The molecule has 1 N–H and O–H groups in total. The van der Waals surface area contributed by atoms with Gasteiger partial charge in [-0.2, -0.15) is 13.2 Å². The van der Waals surface area contributed by atoms with Gasteiger partial charge in [-0.3, -0.25) is 0 Å². The van der Waals surface area contributed by atoms with Gasteiger partial charge in [0.2, 0.25) is 0 Å². The number of nitrogens with one attached hydrogen (secondary N) is 1. The Morgan fingerprint density at radius 3 is 2.50 bits per heavy atom. The molecule has 1 saturated carbocycles. The Bertz CT molecular complexity index is 274. The van der Waals surface area contributed by atoms with E-state index in [4.69, 9.17) is 0 Å². The van der Waals surface area contributed by atoms with Crippen molar-refractivity contribution >= 4 is 0 Å². The van der Waals surface area contributed by atoms with Gasteiger partial charge in [0.25, 0.3) is 0 Å². The Balaban J connectivity index is 2.02. The molecular weight excluding hydrogens is 191 g/mol. The van der Waals surface area contributed by atoms with Crippen molar-refractivity contribution in [3.05, 3.63) is 23.9 Å². The summed E-state index contributed by atoms with van der Waals surface area (Å²) in [4.78, 5) is 0. The summed E-state index contributed by atoms with van der Waals surface area (Å²) in [6.45, 7) is 0. The highest BCUT2D eigenvalue weighted by Crippen LogP contribution is 2.34. The maximum atomic E-state index is 12.4. The third-order valence-electron chi connectivity index (χ3n) is 2.80. The van der Waals surface area contributed by atoms with E-state index in [-0.39, 0.29) is 0 Å². The highest BCUT2D eigenvalue weighted by atomic mass is 19.4. The largest absolute Gasteiger partial charge is 0.412 e. The number of halogens is 3. The van der Waals surface area contributed by atoms with E-state index < -0.39 is 12.2 Å². The molecule has 78 valence electrons. The number of hydrogen-bond donors (Lipinski definition) is 1. The Hall–Kier alpha value is -0.930. The topological polar surface area (TPSA) is 12.0 Å². The summed E-state index contributed by atoms with van der Waals surface area (Å²) < 4.78 is 37.1. The molecule has 1 aliphatic carbocycles. The van der Waals surface area contributed by atoms with Gasteiger partial charge in [-0.05, 0) is 24.8 Å². The Morgan fingerprint density at radius 1 is 1.29 bits per heavy atom. The van der Waals surface area contributed by atoms with Crippen LogP contribution in [0.5, 0.6) is 0 Å². The maximum absolute atomic E-state index is 12.4. The maximum Gasteiger partial charge on any atom is 0.412 e. The van der Waals surface area contributed by atoms with E-state index in [9.17, 15) is 13.2 Å². The molecule has 1 nitrogen and oxygen atoms in total. The molecule has 1 aliphatic heterocycles. The van der Waals surface area contributed by atoms with Crippen LogP contribution in [0.25, 0.3) is 0 Å². The lowest BCUT2D eigenvalue weighted by Gasteiger charge is -2.33. The van der Waals surface area contributed by atoms with Crippen molar-refractivity contribution in [1.82, 2.24) is 5.32 Å². The van der Waals surface area contributed by atoms with Crippen LogP contribution in [-0.2, 0) is 0 Å². The summed E-state index contributed by atoms with van der Waals surface area (Å²) >= 11 is 0. The van der Waals surface area contributed by atoms with Crippen molar-refractivity contribution in [2.24, 2.45) is 5.92 Å². The molecule has 1 fully saturated rings. The summed E-state index contributed by atoms with van der Waals surface area (Å²) in [5.74, 6) is 0.324. The van der Waals surface area contributed by atoms with Gasteiger partial charge in [-0.1, -0.05) is 18.6 Å². The van der Waals surface area contributed by atoms with Crippen molar-refractivity contribution in [3.8, 4) is 0 Å². The fourth-order valence-electron chi connectivity index (χ4n) is 1.71. The van der Waals surface area contributed by atoms with E-state index in [2.05, 4.69) is 5.32 Å². The van der Waals surface area contributed by atoms with Crippen LogP contribution in [0, 0.1) is 5.92 Å². The van der Waals surface area contributed by atoms with Gasteiger partial charge in [0, 0.05) is 5.70 Å². The zero-order chi connectivity index (χ0) is 10.2. The Morgan fingerprint density at radius 2 is 2.00 bits per heavy atom. The summed E-state index contributed by atoms with van der Waals surface area (Å²) in [7, 11) is 0. The standard InChI is InChI=1S/C10H12F3N/c11-10(12,13)9-6-2-5-8(14-9)7-3-1-4-7/h2,5-7,9,14H,1,3-4H2. The van der Waals surface area contributed by atoms with Crippen LogP contribution in [0.3, 0.4) is 0 Å². The number of dihydropyridines is 1. The molecule has 2 rings (SSSR count). The molecule has 0 bridgehead atoms. The van der Waals surface area contributed by atoms with E-state index in [1.54, 1.807) is 6.08 Å². The molecular formula is C10H12F3N. The number of rotatable bonds is 1. The minimum Gasteiger partial charge on any atom is -0.374 e. The highest BCUT2D eigenvalue weighted by Gasteiger charge is 2.40. The van der Waals surface area contributed by atoms with Crippen LogP contribution in [0.1, 0.15) is 19.3 Å². The average Bonchev–Trinajstić information content (AvgIpc) is 2.00. The predicted molar refractivity (Wildman–Crippen MR) is 47.5 cm³/mol. The lowest BCUT2D eigenvalue weighted by molar-refractivity contribution is -0.143. The molecule has 0 amide bonds. The van der Waals surface area contributed by atoms with Gasteiger partial charge in [0.1, 0.15) is 6.04 Å². The van der Waals surface area contributed by atoms with E-state index in [0.29, 0.717) is 5.92 Å². The third kappa shape index (κ3) is 1.79. The first-order valence-corrected chi connectivity index (χ1v) is 4.79. The third-order valence-corrected chi connectivity index (χ3v) is 2.80. The summed E-state index contributed by atoms with van der Waals surface area (Å²) in [6.07, 6.45) is 3.38. The molecule has 1 unspecified atom stereocenters. The van der Waals surface area contributed by atoms with Crippen LogP contribution < -0.4 is 5.32 Å². The second-order valence-corrected chi connectivity index (χ2v) is 3.80. The van der Waals surface area contributed by atoms with Gasteiger partial charge < -0.3 is 5.32 Å². The highest BCUT2D eigenvalue weighted by molar-refractivity contribution is 5.24. The Labute approximate surface area is 80.7 Å². The van der Waals surface area contributed by atoms with E-state index >= 15 is 0 Å². The molecule has 4 heteroatoms. The van der Waals surface area contributed by atoms with Crippen molar-refractivity contribution in [2.45, 2.75) is 31.5 Å². The molecule has 1 heterocycles. The molecule has 0 aromatic rings. The van der Waals surface area contributed by atoms with Crippen molar-refractivity contribution in [2.75, 3.05) is 0 Å². The van der Waals surface area contributed by atoms with Crippen molar-refractivity contribution in [1.29, 1.82) is 0 Å². The lowest BCUT2D eigenvalue weighted by Crippen LogP contribution is -2.43. The smallest absolute Gasteiger partial charge is 0.374 e. The first kappa shape index (κ1) is 9.62. The van der Waals surface area contributed by atoms with Crippen LogP contribution in [-0.4, -0.2) is 12.2 Å². The average molecular weight is 203 g/mol. The van der Waals surface area contributed by atoms with E-state index in [0.717, 1.165) is 31.0 Å². The first-order valence-electron chi connectivity index (χ1n) is 4.79. The monoisotopic (exact) mass is 203 g/mol. The quantitative estimate of drug-likeness (QED) is 0.691. The van der Waals surface area contributed by atoms with Crippen LogP contribution in [0.4, 0.5) is 13.2 Å². The molecule has 0 aromatic heterocycles. The van der Waals surface area contributed by atoms with Crippen molar-refractivity contribution in [3.63, 3.8) is 0 Å². The van der Waals surface area contributed by atoms with Gasteiger partial charge in [-0.15, -0.1) is 0 Å². The second kappa shape index (κ2) is 3.33. The lowest BCUT2D eigenvalue weighted by atomic mass is 9.82. The number of allylic oxidation sites excluding steroid dienone is 3. The van der Waals surface area contributed by atoms with Crippen LogP contribution >= 0.6 is 0 Å². The minimum atomic E-state index is -4.18. The zero-order valence-electron chi connectivity index (χ0n) is 7.64. The van der Waals surface area contributed by atoms with Crippen molar-refractivity contribution < 1.29 is 13.2 Å². The fraction of sp³-hybridized carbons (Fsp3) is 0.600. The zero-order valence-corrected chi connectivity index (χ0v) is 7.64. The summed E-state index contributed by atoms with van der Waals surface area (Å²) in [5.41, 5.74) is 0.751. The molecule has 0 spiro atoms. The van der Waals surface area contributed by atoms with Gasteiger partial charge in [0.15, 0.2) is 0 Å². The first-order chi connectivity index (χ1) is 6.57. The normalized spacial score (nSPS) is 27.9. The minimum absolute atomic E-state index is 0.324. The SMILES string of the molecule is FC(F)(F)C1C=CC=C(C2CCC2)N1. The van der Waals surface area contributed by atoms with Crippen LogP contribution in [0.15, 0.2) is 23.9 Å². The summed E-state index contributed by atoms with van der Waals surface area (Å²) in [6, 6.07) is -1.50. The number of hydrogen-bond acceptors (Lipinski definition) is 1. The van der Waals surface area contributed by atoms with Gasteiger partial charge in [0.05, 0.1) is 0 Å². The summed E-state index contributed by atoms with van der Waals surface area (Å²) in [5, 5.41) is 2.54. The molecule has 1 atom stereocenters. The van der Waals surface area contributed by atoms with Gasteiger partial charge in [-0.25, -0.2) is 0 Å². The van der Waals surface area contributed by atoms with E-state index in [1.165, 1.54) is 6.08 Å². The van der Waals surface area contributed by atoms with E-state index in [1.807, 2.05) is 0 Å². The van der Waals surface area contributed by atoms with Crippen LogP contribution in [0.2, 0.25) is 0 Å². The second-order valence-electron chi connectivity index (χ2n) is 3.80.